The molecule has 1 aliphatic heterocycles. The number of halogens is 1. The summed E-state index contributed by atoms with van der Waals surface area (Å²) < 4.78 is 0.962. The van der Waals surface area contributed by atoms with Crippen LogP contribution in [0.5, 0.6) is 0 Å². The van der Waals surface area contributed by atoms with Crippen molar-refractivity contribution in [2.45, 2.75) is 0 Å². The van der Waals surface area contributed by atoms with Crippen molar-refractivity contribution in [2.75, 3.05) is 16.8 Å². The van der Waals surface area contributed by atoms with Crippen LogP contribution >= 0.6 is 15.9 Å². The smallest absolute Gasteiger partial charge is 0.250 e. The van der Waals surface area contributed by atoms with Gasteiger partial charge in [0, 0.05) is 10.2 Å². The maximum Gasteiger partial charge on any atom is 0.250 e. The molecule has 0 aliphatic carbocycles. The SMILES string of the molecule is N#Cc1ccc2c(c1)NCC(=O)N2c1ccc(Br)cc1. The Morgan fingerprint density at radius 2 is 1.95 bits per heavy atom. The van der Waals surface area contributed by atoms with Crippen molar-refractivity contribution in [3.63, 3.8) is 0 Å². The van der Waals surface area contributed by atoms with Crippen LogP contribution in [0.1, 0.15) is 5.56 Å². The van der Waals surface area contributed by atoms with E-state index in [0.717, 1.165) is 21.5 Å². The zero-order valence-electron chi connectivity index (χ0n) is 10.4. The van der Waals surface area contributed by atoms with E-state index in [1.807, 2.05) is 24.3 Å². The van der Waals surface area contributed by atoms with E-state index in [4.69, 9.17) is 5.26 Å². The molecular weight excluding hydrogens is 318 g/mol. The zero-order chi connectivity index (χ0) is 14.1. The number of hydrogen-bond acceptors (Lipinski definition) is 3. The number of anilines is 3. The van der Waals surface area contributed by atoms with Crippen molar-refractivity contribution >= 4 is 38.9 Å². The van der Waals surface area contributed by atoms with E-state index in [1.54, 1.807) is 23.1 Å². The molecule has 0 bridgehead atoms. The minimum atomic E-state index is -0.0236. The first-order chi connectivity index (χ1) is 9.69. The van der Waals surface area contributed by atoms with Gasteiger partial charge in [0.2, 0.25) is 0 Å². The molecule has 0 saturated heterocycles. The first-order valence-corrected chi connectivity index (χ1v) is 6.85. The third-order valence-corrected chi connectivity index (χ3v) is 3.66. The maximum atomic E-state index is 12.2. The fourth-order valence-corrected chi connectivity index (χ4v) is 2.46. The highest BCUT2D eigenvalue weighted by Crippen LogP contribution is 2.36. The zero-order valence-corrected chi connectivity index (χ0v) is 12.0. The van der Waals surface area contributed by atoms with Gasteiger partial charge in [0.25, 0.3) is 5.91 Å². The van der Waals surface area contributed by atoms with E-state index in [2.05, 4.69) is 27.3 Å². The highest BCUT2D eigenvalue weighted by molar-refractivity contribution is 9.10. The number of benzene rings is 2. The quantitative estimate of drug-likeness (QED) is 0.873. The Labute approximate surface area is 124 Å². The van der Waals surface area contributed by atoms with Crippen LogP contribution in [-0.4, -0.2) is 12.5 Å². The summed E-state index contributed by atoms with van der Waals surface area (Å²) in [4.78, 5) is 13.8. The van der Waals surface area contributed by atoms with Gasteiger partial charge in [-0.05, 0) is 42.5 Å². The maximum absolute atomic E-state index is 12.2. The molecule has 2 aromatic rings. The molecule has 1 N–H and O–H groups in total. The highest BCUT2D eigenvalue weighted by atomic mass is 79.9. The largest absolute Gasteiger partial charge is 0.374 e. The molecule has 1 heterocycles. The first-order valence-electron chi connectivity index (χ1n) is 6.05. The predicted octanol–water partition coefficient (Wildman–Crippen LogP) is 3.41. The molecule has 20 heavy (non-hydrogen) atoms. The van der Waals surface area contributed by atoms with Gasteiger partial charge in [0.15, 0.2) is 0 Å². The molecule has 0 unspecified atom stereocenters. The number of amides is 1. The van der Waals surface area contributed by atoms with Gasteiger partial charge in [-0.15, -0.1) is 0 Å². The van der Waals surface area contributed by atoms with Gasteiger partial charge < -0.3 is 5.32 Å². The molecule has 1 aliphatic rings. The van der Waals surface area contributed by atoms with E-state index < -0.39 is 0 Å². The van der Waals surface area contributed by atoms with Crippen molar-refractivity contribution in [3.05, 3.63) is 52.5 Å². The summed E-state index contributed by atoms with van der Waals surface area (Å²) in [6.45, 7) is 0.220. The summed E-state index contributed by atoms with van der Waals surface area (Å²) in [5, 5.41) is 12.0. The summed E-state index contributed by atoms with van der Waals surface area (Å²) in [7, 11) is 0. The van der Waals surface area contributed by atoms with Crippen LogP contribution in [0.3, 0.4) is 0 Å². The third kappa shape index (κ3) is 2.15. The van der Waals surface area contributed by atoms with Gasteiger partial charge in [-0.25, -0.2) is 0 Å². The van der Waals surface area contributed by atoms with E-state index in [9.17, 15) is 4.79 Å². The van der Waals surface area contributed by atoms with Crippen LogP contribution in [0.4, 0.5) is 17.1 Å². The number of carbonyl (C=O) groups is 1. The number of rotatable bonds is 1. The summed E-state index contributed by atoms with van der Waals surface area (Å²) in [6.07, 6.45) is 0. The topological polar surface area (TPSA) is 56.1 Å². The number of carbonyl (C=O) groups excluding carboxylic acids is 1. The minimum absolute atomic E-state index is 0.0236. The van der Waals surface area contributed by atoms with Crippen LogP contribution in [-0.2, 0) is 4.79 Å². The van der Waals surface area contributed by atoms with Crippen LogP contribution in [0.25, 0.3) is 0 Å². The molecule has 98 valence electrons. The van der Waals surface area contributed by atoms with Gasteiger partial charge >= 0.3 is 0 Å². The molecule has 0 saturated carbocycles. The second-order valence-corrected chi connectivity index (χ2v) is 5.32. The molecule has 0 aromatic heterocycles. The lowest BCUT2D eigenvalue weighted by molar-refractivity contribution is -0.116. The molecule has 0 radical (unpaired) electrons. The van der Waals surface area contributed by atoms with Gasteiger partial charge in [0.1, 0.15) is 0 Å². The number of nitrogens with zero attached hydrogens (tertiary/aromatic N) is 2. The first kappa shape index (κ1) is 12.7. The monoisotopic (exact) mass is 327 g/mol. The van der Waals surface area contributed by atoms with Crippen LogP contribution in [0, 0.1) is 11.3 Å². The molecule has 5 heteroatoms. The van der Waals surface area contributed by atoms with Crippen molar-refractivity contribution in [1.82, 2.24) is 0 Å². The average Bonchev–Trinajstić information content (AvgIpc) is 2.48. The molecule has 1 amide bonds. The predicted molar refractivity (Wildman–Crippen MR) is 80.9 cm³/mol. The molecule has 0 atom stereocenters. The van der Waals surface area contributed by atoms with E-state index in [0.29, 0.717) is 5.56 Å². The van der Waals surface area contributed by atoms with Crippen molar-refractivity contribution in [1.29, 1.82) is 5.26 Å². The minimum Gasteiger partial charge on any atom is -0.374 e. The second-order valence-electron chi connectivity index (χ2n) is 4.40. The van der Waals surface area contributed by atoms with E-state index in [-0.39, 0.29) is 12.5 Å². The summed E-state index contributed by atoms with van der Waals surface area (Å²) >= 11 is 3.38. The standard InChI is InChI=1S/C15H10BrN3O/c16-11-2-4-12(5-3-11)19-14-6-1-10(8-17)7-13(14)18-9-15(19)20/h1-7,18H,9H2. The molecule has 0 spiro atoms. The van der Waals surface area contributed by atoms with E-state index in [1.165, 1.54) is 0 Å². The normalized spacial score (nSPS) is 13.4. The fraction of sp³-hybridized carbons (Fsp3) is 0.0667. The highest BCUT2D eigenvalue weighted by Gasteiger charge is 2.25. The molecule has 2 aromatic carbocycles. The van der Waals surface area contributed by atoms with Crippen molar-refractivity contribution in [2.24, 2.45) is 0 Å². The Morgan fingerprint density at radius 3 is 2.65 bits per heavy atom. The number of nitrogens with one attached hydrogen (secondary N) is 1. The average molecular weight is 328 g/mol. The molecular formula is C15H10BrN3O. The van der Waals surface area contributed by atoms with Crippen LogP contribution in [0.15, 0.2) is 46.9 Å². The Morgan fingerprint density at radius 1 is 1.20 bits per heavy atom. The van der Waals surface area contributed by atoms with Crippen molar-refractivity contribution < 1.29 is 4.79 Å². The van der Waals surface area contributed by atoms with Gasteiger partial charge in [-0.2, -0.15) is 5.26 Å². The Kier molecular flexibility index (Phi) is 3.17. The fourth-order valence-electron chi connectivity index (χ4n) is 2.20. The van der Waals surface area contributed by atoms with Gasteiger partial charge in [-0.3, -0.25) is 9.69 Å². The van der Waals surface area contributed by atoms with E-state index >= 15 is 0 Å². The lowest BCUT2D eigenvalue weighted by Gasteiger charge is -2.30. The Bertz CT molecular complexity index is 719. The lowest BCUT2D eigenvalue weighted by Crippen LogP contribution is -2.36. The number of hydrogen-bond donors (Lipinski definition) is 1. The number of nitriles is 1. The molecule has 0 fully saturated rings. The Balaban J connectivity index is 2.10. The van der Waals surface area contributed by atoms with Gasteiger partial charge in [-0.1, -0.05) is 15.9 Å². The Hall–Kier alpha value is -2.32. The number of fused-ring (bicyclic) bond motifs is 1. The molecule has 3 rings (SSSR count). The molecule has 4 nitrogen and oxygen atoms in total. The van der Waals surface area contributed by atoms with Crippen LogP contribution < -0.4 is 10.2 Å². The summed E-state index contributed by atoms with van der Waals surface area (Å²) in [5.41, 5.74) is 2.95. The third-order valence-electron chi connectivity index (χ3n) is 3.13. The second kappa shape index (κ2) is 4.99. The van der Waals surface area contributed by atoms with Crippen molar-refractivity contribution in [3.8, 4) is 6.07 Å². The van der Waals surface area contributed by atoms with Gasteiger partial charge in [0.05, 0.1) is 29.6 Å². The summed E-state index contributed by atoms with van der Waals surface area (Å²) in [6, 6.07) is 14.9. The van der Waals surface area contributed by atoms with Crippen LogP contribution in [0.2, 0.25) is 0 Å². The summed E-state index contributed by atoms with van der Waals surface area (Å²) in [5.74, 6) is -0.0236. The lowest BCUT2D eigenvalue weighted by atomic mass is 10.1.